The summed E-state index contributed by atoms with van der Waals surface area (Å²) in [5, 5.41) is 6.62. The normalized spacial score (nSPS) is 14.0. The minimum Gasteiger partial charge on any atom is -0.382 e. The van der Waals surface area contributed by atoms with Crippen molar-refractivity contribution in [2.24, 2.45) is 11.7 Å². The topological polar surface area (TPSA) is 157 Å². The molecule has 1 aromatic carbocycles. The van der Waals surface area contributed by atoms with Crippen LogP contribution in [0.2, 0.25) is 0 Å². The molecule has 5 N–H and O–H groups in total. The van der Waals surface area contributed by atoms with E-state index >= 15 is 0 Å². The number of benzene rings is 1. The number of halogens is 1. The number of nitrogens with two attached hydrogens (primary N) is 2. The summed E-state index contributed by atoms with van der Waals surface area (Å²) in [6.07, 6.45) is 2.16. The number of aromatic nitrogens is 2. The Morgan fingerprint density at radius 1 is 1.30 bits per heavy atom. The van der Waals surface area contributed by atoms with Crippen LogP contribution in [0, 0.1) is 11.7 Å². The zero-order chi connectivity index (χ0) is 23.7. The maximum absolute atomic E-state index is 13.4. The number of nitrogen functional groups attached to an aromatic ring is 1. The van der Waals surface area contributed by atoms with Crippen LogP contribution in [0.5, 0.6) is 0 Å². The van der Waals surface area contributed by atoms with Crippen molar-refractivity contribution in [3.05, 3.63) is 52.5 Å². The molecule has 33 heavy (non-hydrogen) atoms. The van der Waals surface area contributed by atoms with Gasteiger partial charge in [0, 0.05) is 18.3 Å². The smallest absolute Gasteiger partial charge is 0.273 e. The highest BCUT2D eigenvalue weighted by Crippen LogP contribution is 2.36. The second kappa shape index (κ2) is 8.98. The van der Waals surface area contributed by atoms with Crippen LogP contribution in [0.1, 0.15) is 45.7 Å². The Labute approximate surface area is 191 Å². The van der Waals surface area contributed by atoms with Gasteiger partial charge >= 0.3 is 0 Å². The van der Waals surface area contributed by atoms with Crippen molar-refractivity contribution >= 4 is 45.6 Å². The van der Waals surface area contributed by atoms with Crippen molar-refractivity contribution < 1.29 is 23.3 Å². The second-order valence-corrected chi connectivity index (χ2v) is 8.67. The molecule has 1 unspecified atom stereocenters. The highest BCUT2D eigenvalue weighted by atomic mass is 32.1. The Hall–Kier alpha value is -3.80. The van der Waals surface area contributed by atoms with E-state index in [1.165, 1.54) is 35.2 Å². The number of rotatable bonds is 9. The van der Waals surface area contributed by atoms with Gasteiger partial charge in [0.1, 0.15) is 22.6 Å². The molecule has 12 heteroatoms. The summed E-state index contributed by atoms with van der Waals surface area (Å²) in [6.45, 7) is 2.10. The minimum absolute atomic E-state index is 0.0161. The molecule has 1 saturated carbocycles. The zero-order valence-electron chi connectivity index (χ0n) is 17.6. The third kappa shape index (κ3) is 4.85. The fourth-order valence-electron chi connectivity index (χ4n) is 3.07. The molecule has 10 nitrogen and oxygen atoms in total. The number of hydrogen-bond acceptors (Lipinski definition) is 9. The van der Waals surface area contributed by atoms with Crippen molar-refractivity contribution in [1.29, 1.82) is 0 Å². The van der Waals surface area contributed by atoms with Gasteiger partial charge in [-0.15, -0.1) is 0 Å². The highest BCUT2D eigenvalue weighted by molar-refractivity contribution is 7.18. The first-order chi connectivity index (χ1) is 15.7. The van der Waals surface area contributed by atoms with Gasteiger partial charge in [-0.3, -0.25) is 14.4 Å². The zero-order valence-corrected chi connectivity index (χ0v) is 18.4. The molecule has 1 aliphatic carbocycles. The van der Waals surface area contributed by atoms with Crippen LogP contribution in [-0.2, 0) is 4.79 Å². The minimum atomic E-state index is -0.865. The molecule has 0 bridgehead atoms. The quantitative estimate of drug-likeness (QED) is 0.400. The summed E-state index contributed by atoms with van der Waals surface area (Å²) in [4.78, 5) is 42.7. The van der Waals surface area contributed by atoms with E-state index in [1.54, 1.807) is 6.92 Å². The lowest BCUT2D eigenvalue weighted by atomic mass is 10.2. The van der Waals surface area contributed by atoms with E-state index in [2.05, 4.69) is 15.5 Å². The van der Waals surface area contributed by atoms with Gasteiger partial charge in [-0.05, 0) is 49.9 Å². The number of amides is 2. The Morgan fingerprint density at radius 2 is 2.00 bits per heavy atom. The van der Waals surface area contributed by atoms with Crippen LogP contribution < -0.4 is 21.7 Å². The molecular formula is C21H21FN6O4S. The molecule has 0 spiro atoms. The first kappa shape index (κ1) is 22.4. The van der Waals surface area contributed by atoms with Gasteiger partial charge in [0.25, 0.3) is 5.91 Å². The number of carbonyl (C=O) groups excluding carboxylic acids is 3. The fourth-order valence-corrected chi connectivity index (χ4v) is 4.10. The number of thiazole rings is 1. The van der Waals surface area contributed by atoms with Crippen LogP contribution in [0.3, 0.4) is 0 Å². The summed E-state index contributed by atoms with van der Waals surface area (Å²) < 4.78 is 18.5. The largest absolute Gasteiger partial charge is 0.382 e. The predicted molar refractivity (Wildman–Crippen MR) is 119 cm³/mol. The van der Waals surface area contributed by atoms with Gasteiger partial charge in [-0.1, -0.05) is 16.5 Å². The third-order valence-electron chi connectivity index (χ3n) is 5.17. The maximum atomic E-state index is 13.4. The number of carbonyl (C=O) groups is 3. The predicted octanol–water partition coefficient (Wildman–Crippen LogP) is 2.24. The van der Waals surface area contributed by atoms with Crippen molar-refractivity contribution in [1.82, 2.24) is 15.5 Å². The first-order valence-corrected chi connectivity index (χ1v) is 11.0. The molecule has 0 saturated heterocycles. The SMILES string of the molecule is CC(C(N)=O)N(c1ccc(F)cc1)c1nc(N)c(C(=O)c2cc(C(=O)NCC3CC3)no2)s1. The Kier molecular flexibility index (Phi) is 6.09. The van der Waals surface area contributed by atoms with E-state index in [9.17, 15) is 18.8 Å². The molecule has 1 atom stereocenters. The van der Waals surface area contributed by atoms with E-state index in [4.69, 9.17) is 16.0 Å². The number of anilines is 3. The van der Waals surface area contributed by atoms with Crippen molar-refractivity contribution in [3.8, 4) is 0 Å². The molecule has 2 heterocycles. The highest BCUT2D eigenvalue weighted by Gasteiger charge is 2.29. The lowest BCUT2D eigenvalue weighted by molar-refractivity contribution is -0.118. The van der Waals surface area contributed by atoms with Crippen LogP contribution in [0.4, 0.5) is 21.0 Å². The molecule has 3 aromatic rings. The average Bonchev–Trinajstić information content (AvgIpc) is 3.34. The molecule has 0 aliphatic heterocycles. The van der Waals surface area contributed by atoms with Gasteiger partial charge in [0.15, 0.2) is 10.8 Å². The standard InChI is InChI=1S/C21H21FN6O4S/c1-10(19(24)30)28(13-6-4-12(22)5-7-13)21-26-18(23)17(33-21)16(29)15-8-14(27-32-15)20(31)25-9-11-2-3-11/h4-8,10-11H,2-3,9,23H2,1H3,(H2,24,30)(H,25,31). The number of nitrogens with zero attached hydrogens (tertiary/aromatic N) is 3. The van der Waals surface area contributed by atoms with E-state index in [0.29, 0.717) is 18.2 Å². The molecule has 172 valence electrons. The maximum Gasteiger partial charge on any atom is 0.273 e. The van der Waals surface area contributed by atoms with Crippen molar-refractivity contribution in [2.75, 3.05) is 17.2 Å². The van der Waals surface area contributed by atoms with Crippen LogP contribution in [-0.4, -0.2) is 40.3 Å². The van der Waals surface area contributed by atoms with Gasteiger partial charge < -0.3 is 26.2 Å². The van der Waals surface area contributed by atoms with Crippen molar-refractivity contribution in [3.63, 3.8) is 0 Å². The van der Waals surface area contributed by atoms with E-state index < -0.39 is 29.5 Å². The summed E-state index contributed by atoms with van der Waals surface area (Å²) in [6, 6.07) is 5.74. The monoisotopic (exact) mass is 472 g/mol. The van der Waals surface area contributed by atoms with Gasteiger partial charge in [-0.2, -0.15) is 0 Å². The molecule has 2 amide bonds. The van der Waals surface area contributed by atoms with Crippen LogP contribution >= 0.6 is 11.3 Å². The Bertz CT molecular complexity index is 1200. The van der Waals surface area contributed by atoms with Crippen LogP contribution in [0.15, 0.2) is 34.9 Å². The molecule has 4 rings (SSSR count). The number of nitrogens with one attached hydrogen (secondary N) is 1. The lowest BCUT2D eigenvalue weighted by Crippen LogP contribution is -2.39. The summed E-state index contributed by atoms with van der Waals surface area (Å²) in [5.74, 6) is -1.94. The number of hydrogen-bond donors (Lipinski definition) is 3. The molecule has 0 radical (unpaired) electrons. The van der Waals surface area contributed by atoms with Gasteiger partial charge in [0.05, 0.1) is 0 Å². The lowest BCUT2D eigenvalue weighted by Gasteiger charge is -2.26. The van der Waals surface area contributed by atoms with E-state index in [1.807, 2.05) is 0 Å². The third-order valence-corrected chi connectivity index (χ3v) is 6.24. The summed E-state index contributed by atoms with van der Waals surface area (Å²) in [7, 11) is 0. The molecule has 2 aromatic heterocycles. The number of ketones is 1. The number of primary amides is 1. The molecule has 1 aliphatic rings. The Morgan fingerprint density at radius 3 is 2.64 bits per heavy atom. The van der Waals surface area contributed by atoms with Crippen LogP contribution in [0.25, 0.3) is 0 Å². The summed E-state index contributed by atoms with van der Waals surface area (Å²) >= 11 is 0.906. The first-order valence-electron chi connectivity index (χ1n) is 10.1. The summed E-state index contributed by atoms with van der Waals surface area (Å²) in [5.41, 5.74) is 11.9. The van der Waals surface area contributed by atoms with E-state index in [0.717, 1.165) is 24.2 Å². The molecular weight excluding hydrogens is 451 g/mol. The molecule has 1 fully saturated rings. The van der Waals surface area contributed by atoms with E-state index in [-0.39, 0.29) is 27.3 Å². The van der Waals surface area contributed by atoms with Gasteiger partial charge in [-0.25, -0.2) is 9.37 Å². The van der Waals surface area contributed by atoms with Gasteiger partial charge in [0.2, 0.25) is 17.5 Å². The van der Waals surface area contributed by atoms with Crippen molar-refractivity contribution in [2.45, 2.75) is 25.8 Å². The Balaban J connectivity index is 1.59. The fraction of sp³-hybridized carbons (Fsp3) is 0.286. The second-order valence-electron chi connectivity index (χ2n) is 7.69. The average molecular weight is 473 g/mol.